The van der Waals surface area contributed by atoms with Gasteiger partial charge in [-0.15, -0.1) is 5.10 Å². The molecule has 5 rings (SSSR count). The van der Waals surface area contributed by atoms with Crippen molar-refractivity contribution in [2.24, 2.45) is 0 Å². The molecule has 56 heavy (non-hydrogen) atoms. The zero-order chi connectivity index (χ0) is 43.0. The van der Waals surface area contributed by atoms with Gasteiger partial charge in [0.2, 0.25) is 0 Å². The minimum Gasteiger partial charge on any atom is -0.497 e. The molecule has 0 N–H and O–H groups in total. The summed E-state index contributed by atoms with van der Waals surface area (Å²) in [6.45, 7) is 23.2. The molecule has 0 amide bonds. The van der Waals surface area contributed by atoms with Gasteiger partial charge in [0.15, 0.2) is 0 Å². The molecule has 0 spiro atoms. The van der Waals surface area contributed by atoms with Crippen molar-refractivity contribution in [2.45, 2.75) is 100 Å². The van der Waals surface area contributed by atoms with Crippen LogP contribution in [0.25, 0.3) is 0 Å². The third kappa shape index (κ3) is 23.0. The van der Waals surface area contributed by atoms with Crippen molar-refractivity contribution in [2.75, 3.05) is 47.1 Å². The SMILES string of the molecule is CC.CC.CCN1CCOCC1.CCc1ccc(C(F)(F)F)cc1C(F)(F)F.CCc1ccc(OC)cc1OC.CCc1ccccc1.CCc1cnncn1. The molecule has 1 aromatic heterocycles. The zero-order valence-corrected chi connectivity index (χ0v) is 35.2. The number of hydrogen-bond acceptors (Lipinski definition) is 7. The van der Waals surface area contributed by atoms with E-state index >= 15 is 0 Å². The van der Waals surface area contributed by atoms with Crippen LogP contribution in [0.4, 0.5) is 26.3 Å². The van der Waals surface area contributed by atoms with E-state index in [0.717, 1.165) is 68.8 Å². The number of rotatable bonds is 7. The number of ether oxygens (including phenoxy) is 3. The van der Waals surface area contributed by atoms with Crippen molar-refractivity contribution in [3.63, 3.8) is 0 Å². The van der Waals surface area contributed by atoms with Gasteiger partial charge in [-0.3, -0.25) is 4.90 Å². The van der Waals surface area contributed by atoms with Gasteiger partial charge in [0, 0.05) is 19.2 Å². The maximum absolute atomic E-state index is 12.4. The van der Waals surface area contributed by atoms with Crippen LogP contribution in [0.3, 0.4) is 0 Å². The predicted molar refractivity (Wildman–Crippen MR) is 215 cm³/mol. The lowest BCUT2D eigenvalue weighted by atomic mass is 10.0. The Balaban J connectivity index is 0. The van der Waals surface area contributed by atoms with Gasteiger partial charge in [-0.05, 0) is 67.1 Å². The molecule has 4 aromatic rings. The number of alkyl halides is 6. The highest BCUT2D eigenvalue weighted by molar-refractivity contribution is 5.40. The van der Waals surface area contributed by atoms with Crippen LogP contribution in [-0.4, -0.2) is 67.1 Å². The van der Waals surface area contributed by atoms with E-state index in [2.05, 4.69) is 65.1 Å². The van der Waals surface area contributed by atoms with E-state index in [1.165, 1.54) is 30.9 Å². The lowest BCUT2D eigenvalue weighted by Gasteiger charge is -2.24. The number of aryl methyl sites for hydroxylation is 4. The minimum atomic E-state index is -4.76. The summed E-state index contributed by atoms with van der Waals surface area (Å²) in [5, 5.41) is 7.18. The zero-order valence-electron chi connectivity index (χ0n) is 35.2. The maximum Gasteiger partial charge on any atom is 0.416 e. The fraction of sp³-hybridized carbons (Fsp3) is 0.512. The summed E-state index contributed by atoms with van der Waals surface area (Å²) in [5.74, 6) is 1.74. The normalized spacial score (nSPS) is 11.9. The smallest absolute Gasteiger partial charge is 0.416 e. The standard InChI is InChI=1S/C10H8F6.C10H14O2.C8H10.C6H13NO.C5H7N3.2C2H6/c1-2-6-3-4-7(9(11,12)13)5-8(6)10(14,15)16;1-4-8-5-6-9(11-2)7-10(8)12-3;1-2-8-6-4-3-5-7-8;1-2-7-3-5-8-6-4-7;1-2-5-3-7-8-4-6-5;2*1-2/h3-5H,2H2,1H3;5-7H,4H2,1-3H3;3-7H,2H2,1H3;2-6H2,1H3;3-4H,2H2,1H3;2*1-2H3. The predicted octanol–water partition coefficient (Wildman–Crippen LogP) is 11.6. The molecular formula is C43H64F6N4O3. The van der Waals surface area contributed by atoms with Gasteiger partial charge >= 0.3 is 12.4 Å². The van der Waals surface area contributed by atoms with Crippen LogP contribution in [0.5, 0.6) is 11.5 Å². The van der Waals surface area contributed by atoms with Crippen molar-refractivity contribution in [3.05, 3.63) is 113 Å². The molecule has 0 aliphatic carbocycles. The largest absolute Gasteiger partial charge is 0.497 e. The lowest BCUT2D eigenvalue weighted by molar-refractivity contribution is -0.143. The molecule has 13 heteroatoms. The molecule has 1 fully saturated rings. The van der Waals surface area contributed by atoms with E-state index < -0.39 is 23.5 Å². The fourth-order valence-electron chi connectivity index (χ4n) is 4.55. The number of hydrogen-bond donors (Lipinski definition) is 0. The molecule has 1 saturated heterocycles. The molecule has 3 aromatic carbocycles. The molecule has 1 aliphatic heterocycles. The number of methoxy groups -OCH3 is 2. The summed E-state index contributed by atoms with van der Waals surface area (Å²) < 4.78 is 89.4. The fourth-order valence-corrected chi connectivity index (χ4v) is 4.55. The summed E-state index contributed by atoms with van der Waals surface area (Å²) >= 11 is 0. The number of halogens is 6. The summed E-state index contributed by atoms with van der Waals surface area (Å²) in [5.41, 5.74) is 0.966. The number of aromatic nitrogens is 3. The molecule has 1 aliphatic rings. The number of benzene rings is 3. The second kappa shape index (κ2) is 31.9. The summed E-state index contributed by atoms with van der Waals surface area (Å²) in [6, 6.07) is 18.0. The molecule has 0 unspecified atom stereocenters. The van der Waals surface area contributed by atoms with Crippen molar-refractivity contribution in [1.82, 2.24) is 20.1 Å². The van der Waals surface area contributed by atoms with Crippen LogP contribution >= 0.6 is 0 Å². The molecule has 0 saturated carbocycles. The van der Waals surface area contributed by atoms with Crippen molar-refractivity contribution >= 4 is 0 Å². The number of nitrogens with zero attached hydrogens (tertiary/aromatic N) is 4. The molecule has 0 bridgehead atoms. The lowest BCUT2D eigenvalue weighted by Crippen LogP contribution is -2.35. The second-order valence-corrected chi connectivity index (χ2v) is 11.1. The monoisotopic (exact) mass is 798 g/mol. The first-order valence-electron chi connectivity index (χ1n) is 19.2. The van der Waals surface area contributed by atoms with Crippen molar-refractivity contribution in [1.29, 1.82) is 0 Å². The molecule has 316 valence electrons. The quantitative estimate of drug-likeness (QED) is 0.172. The Kier molecular flexibility index (Phi) is 30.7. The molecule has 0 atom stereocenters. The van der Waals surface area contributed by atoms with Crippen LogP contribution < -0.4 is 9.47 Å². The number of morpholine rings is 1. The Morgan fingerprint density at radius 1 is 0.661 bits per heavy atom. The first kappa shape index (κ1) is 53.9. The van der Waals surface area contributed by atoms with Gasteiger partial charge in [-0.2, -0.15) is 31.4 Å². The summed E-state index contributed by atoms with van der Waals surface area (Å²) in [7, 11) is 3.33. The van der Waals surface area contributed by atoms with Gasteiger partial charge in [-0.1, -0.05) is 105 Å². The van der Waals surface area contributed by atoms with Crippen molar-refractivity contribution in [3.8, 4) is 11.5 Å². The highest BCUT2D eigenvalue weighted by atomic mass is 19.4. The van der Waals surface area contributed by atoms with E-state index in [9.17, 15) is 26.3 Å². The Morgan fingerprint density at radius 3 is 1.62 bits per heavy atom. The van der Waals surface area contributed by atoms with E-state index in [1.54, 1.807) is 20.4 Å². The van der Waals surface area contributed by atoms with Crippen LogP contribution in [0.2, 0.25) is 0 Å². The van der Waals surface area contributed by atoms with E-state index in [1.807, 2.05) is 58.9 Å². The Hall–Kier alpha value is -4.23. The third-order valence-electron chi connectivity index (χ3n) is 7.71. The van der Waals surface area contributed by atoms with Crippen LogP contribution in [-0.2, 0) is 42.8 Å². The maximum atomic E-state index is 12.4. The minimum absolute atomic E-state index is 0.0347. The van der Waals surface area contributed by atoms with Crippen molar-refractivity contribution < 1.29 is 40.6 Å². The van der Waals surface area contributed by atoms with Gasteiger partial charge in [-0.25, -0.2) is 4.98 Å². The molecule has 2 heterocycles. The summed E-state index contributed by atoms with van der Waals surface area (Å²) in [6.07, 6.45) is -3.31. The first-order chi connectivity index (χ1) is 26.8. The van der Waals surface area contributed by atoms with Gasteiger partial charge < -0.3 is 14.2 Å². The Morgan fingerprint density at radius 2 is 1.25 bits per heavy atom. The van der Waals surface area contributed by atoms with Gasteiger partial charge in [0.05, 0.1) is 50.5 Å². The third-order valence-corrected chi connectivity index (χ3v) is 7.71. The molecule has 7 nitrogen and oxygen atoms in total. The van der Waals surface area contributed by atoms with Gasteiger partial charge in [0.1, 0.15) is 17.8 Å². The van der Waals surface area contributed by atoms with E-state index in [0.29, 0.717) is 6.07 Å². The topological polar surface area (TPSA) is 69.6 Å². The highest BCUT2D eigenvalue weighted by Crippen LogP contribution is 2.37. The number of likely N-dealkylation sites (N-methyl/N-ethyl adjacent to an activating group) is 1. The van der Waals surface area contributed by atoms with E-state index in [-0.39, 0.29) is 18.1 Å². The molecule has 0 radical (unpaired) electrons. The Bertz CT molecular complexity index is 1460. The van der Waals surface area contributed by atoms with Crippen LogP contribution in [0, 0.1) is 0 Å². The average Bonchev–Trinajstić information content (AvgIpc) is 3.25. The Labute approximate surface area is 331 Å². The first-order valence-corrected chi connectivity index (χ1v) is 19.2. The van der Waals surface area contributed by atoms with Crippen LogP contribution in [0.15, 0.2) is 79.3 Å². The summed E-state index contributed by atoms with van der Waals surface area (Å²) in [4.78, 5) is 6.32. The van der Waals surface area contributed by atoms with Gasteiger partial charge in [0.25, 0.3) is 0 Å². The van der Waals surface area contributed by atoms with Crippen LogP contribution in [0.1, 0.15) is 95.8 Å². The second-order valence-electron chi connectivity index (χ2n) is 11.1. The van der Waals surface area contributed by atoms with E-state index in [4.69, 9.17) is 14.2 Å². The average molecular weight is 799 g/mol. The molecular weight excluding hydrogens is 734 g/mol. The highest BCUT2D eigenvalue weighted by Gasteiger charge is 2.37.